The first-order valence-corrected chi connectivity index (χ1v) is 3.63. The van der Waals surface area contributed by atoms with E-state index in [1.165, 1.54) is 6.07 Å². The average molecular weight is 187 g/mol. The first kappa shape index (κ1) is 8.32. The predicted molar refractivity (Wildman–Crippen MR) is 43.7 cm³/mol. The summed E-state index contributed by atoms with van der Waals surface area (Å²) < 4.78 is 0. The van der Waals surface area contributed by atoms with E-state index in [2.05, 4.69) is 4.98 Å². The molecule has 0 N–H and O–H groups in total. The smallest absolute Gasteiger partial charge is 0.146 e. The fraction of sp³-hybridized carbons (Fsp3) is 0.143. The summed E-state index contributed by atoms with van der Waals surface area (Å²) in [6.07, 6.45) is 0. The van der Waals surface area contributed by atoms with Crippen molar-refractivity contribution in [3.8, 4) is 6.07 Å². The summed E-state index contributed by atoms with van der Waals surface area (Å²) in [5, 5.41) is 9.26. The Morgan fingerprint density at radius 1 is 1.55 bits per heavy atom. The highest BCUT2D eigenvalue weighted by Gasteiger charge is 2.04. The molecule has 0 aromatic carbocycles. The standard InChI is InChI=1S/C7H4Cl2N2/c1-4-5(8)2-7(9)11-6(4)3-10/h2H,1H3. The summed E-state index contributed by atoms with van der Waals surface area (Å²) in [4.78, 5) is 3.77. The molecule has 1 aromatic heterocycles. The zero-order valence-electron chi connectivity index (χ0n) is 5.73. The van der Waals surface area contributed by atoms with Gasteiger partial charge in [-0.3, -0.25) is 0 Å². The van der Waals surface area contributed by atoms with Crippen molar-refractivity contribution in [1.29, 1.82) is 5.26 Å². The van der Waals surface area contributed by atoms with Gasteiger partial charge in [-0.05, 0) is 13.0 Å². The van der Waals surface area contributed by atoms with Crippen LogP contribution in [0.4, 0.5) is 0 Å². The summed E-state index contributed by atoms with van der Waals surface area (Å²) in [6, 6.07) is 3.41. The molecule has 0 atom stereocenters. The van der Waals surface area contributed by atoms with Crippen LogP contribution in [0.3, 0.4) is 0 Å². The lowest BCUT2D eigenvalue weighted by molar-refractivity contribution is 1.21. The van der Waals surface area contributed by atoms with Crippen molar-refractivity contribution in [2.24, 2.45) is 0 Å². The first-order chi connectivity index (χ1) is 5.15. The van der Waals surface area contributed by atoms with Gasteiger partial charge in [0.25, 0.3) is 0 Å². The summed E-state index contributed by atoms with van der Waals surface area (Å²) in [5.74, 6) is 0. The molecule has 0 fully saturated rings. The topological polar surface area (TPSA) is 36.7 Å². The Hall–Kier alpha value is -0.780. The molecular weight excluding hydrogens is 183 g/mol. The number of nitriles is 1. The Labute approximate surface area is 74.4 Å². The third-order valence-corrected chi connectivity index (χ3v) is 1.87. The Kier molecular flexibility index (Phi) is 2.33. The SMILES string of the molecule is Cc1c(Cl)cc(Cl)nc1C#N. The maximum Gasteiger partial charge on any atom is 0.146 e. The van der Waals surface area contributed by atoms with Crippen molar-refractivity contribution in [2.45, 2.75) is 6.92 Å². The molecule has 1 rings (SSSR count). The fourth-order valence-electron chi connectivity index (χ4n) is 0.658. The van der Waals surface area contributed by atoms with Crippen LogP contribution in [0.2, 0.25) is 10.2 Å². The highest BCUT2D eigenvalue weighted by atomic mass is 35.5. The minimum Gasteiger partial charge on any atom is -0.225 e. The monoisotopic (exact) mass is 186 g/mol. The zero-order valence-corrected chi connectivity index (χ0v) is 7.24. The van der Waals surface area contributed by atoms with Gasteiger partial charge in [-0.15, -0.1) is 0 Å². The zero-order chi connectivity index (χ0) is 8.43. The molecule has 0 unspecified atom stereocenters. The Morgan fingerprint density at radius 3 is 2.73 bits per heavy atom. The normalized spacial score (nSPS) is 9.27. The number of hydrogen-bond donors (Lipinski definition) is 0. The molecule has 2 nitrogen and oxygen atoms in total. The van der Waals surface area contributed by atoms with E-state index in [4.69, 9.17) is 28.5 Å². The van der Waals surface area contributed by atoms with E-state index in [-0.39, 0.29) is 10.8 Å². The van der Waals surface area contributed by atoms with Crippen molar-refractivity contribution in [1.82, 2.24) is 4.98 Å². The Bertz CT molecular complexity index is 328. The van der Waals surface area contributed by atoms with Gasteiger partial charge >= 0.3 is 0 Å². The van der Waals surface area contributed by atoms with Crippen LogP contribution in [0.1, 0.15) is 11.3 Å². The number of hydrogen-bond acceptors (Lipinski definition) is 2. The van der Waals surface area contributed by atoms with Gasteiger partial charge in [0.05, 0.1) is 0 Å². The largest absolute Gasteiger partial charge is 0.225 e. The number of pyridine rings is 1. The molecule has 0 spiro atoms. The summed E-state index contributed by atoms with van der Waals surface area (Å²) in [6.45, 7) is 1.73. The van der Waals surface area contributed by atoms with E-state index in [1.54, 1.807) is 6.92 Å². The lowest BCUT2D eigenvalue weighted by Gasteiger charge is -1.98. The molecule has 0 amide bonds. The van der Waals surface area contributed by atoms with Gasteiger partial charge < -0.3 is 0 Å². The van der Waals surface area contributed by atoms with Crippen molar-refractivity contribution in [3.63, 3.8) is 0 Å². The maximum atomic E-state index is 8.54. The first-order valence-electron chi connectivity index (χ1n) is 2.88. The predicted octanol–water partition coefficient (Wildman–Crippen LogP) is 2.57. The summed E-state index contributed by atoms with van der Waals surface area (Å²) in [7, 11) is 0. The van der Waals surface area contributed by atoms with Crippen LogP contribution in [0.25, 0.3) is 0 Å². The third-order valence-electron chi connectivity index (χ3n) is 1.28. The second-order valence-corrected chi connectivity index (χ2v) is 2.81. The summed E-state index contributed by atoms with van der Waals surface area (Å²) >= 11 is 11.3. The van der Waals surface area contributed by atoms with Crippen molar-refractivity contribution in [3.05, 3.63) is 27.5 Å². The number of halogens is 2. The fourth-order valence-corrected chi connectivity index (χ4v) is 1.10. The van der Waals surface area contributed by atoms with E-state index in [0.717, 1.165) is 0 Å². The molecule has 0 radical (unpaired) electrons. The van der Waals surface area contributed by atoms with Crippen molar-refractivity contribution >= 4 is 23.2 Å². The lowest BCUT2D eigenvalue weighted by Crippen LogP contribution is -1.88. The molecule has 0 saturated heterocycles. The minimum absolute atomic E-state index is 0.247. The second kappa shape index (κ2) is 3.08. The van der Waals surface area contributed by atoms with E-state index in [0.29, 0.717) is 10.6 Å². The van der Waals surface area contributed by atoms with E-state index < -0.39 is 0 Å². The minimum atomic E-state index is 0.247. The third kappa shape index (κ3) is 1.62. The van der Waals surface area contributed by atoms with Gasteiger partial charge in [-0.25, -0.2) is 4.98 Å². The number of nitrogens with zero attached hydrogens (tertiary/aromatic N) is 2. The van der Waals surface area contributed by atoms with Gasteiger partial charge in [0, 0.05) is 10.6 Å². The molecule has 1 heterocycles. The molecule has 0 saturated carbocycles. The van der Waals surface area contributed by atoms with Gasteiger partial charge in [-0.1, -0.05) is 23.2 Å². The van der Waals surface area contributed by atoms with Gasteiger partial charge in [0.1, 0.15) is 16.9 Å². The molecule has 0 bridgehead atoms. The number of aromatic nitrogens is 1. The molecular formula is C7H4Cl2N2. The second-order valence-electron chi connectivity index (χ2n) is 2.01. The van der Waals surface area contributed by atoms with Gasteiger partial charge in [0.15, 0.2) is 0 Å². The lowest BCUT2D eigenvalue weighted by atomic mass is 10.2. The van der Waals surface area contributed by atoms with Crippen LogP contribution >= 0.6 is 23.2 Å². The highest BCUT2D eigenvalue weighted by molar-refractivity contribution is 6.34. The molecule has 11 heavy (non-hydrogen) atoms. The Balaban J connectivity index is 3.39. The highest BCUT2D eigenvalue weighted by Crippen LogP contribution is 2.20. The van der Waals surface area contributed by atoms with Crippen LogP contribution in [0.5, 0.6) is 0 Å². The molecule has 0 aliphatic rings. The van der Waals surface area contributed by atoms with E-state index in [1.807, 2.05) is 6.07 Å². The van der Waals surface area contributed by atoms with E-state index in [9.17, 15) is 0 Å². The van der Waals surface area contributed by atoms with Crippen LogP contribution in [0, 0.1) is 18.3 Å². The number of rotatable bonds is 0. The molecule has 56 valence electrons. The van der Waals surface area contributed by atoms with Crippen LogP contribution < -0.4 is 0 Å². The van der Waals surface area contributed by atoms with Crippen molar-refractivity contribution in [2.75, 3.05) is 0 Å². The molecule has 4 heteroatoms. The van der Waals surface area contributed by atoms with Gasteiger partial charge in [0.2, 0.25) is 0 Å². The summed E-state index contributed by atoms with van der Waals surface area (Å²) in [5.41, 5.74) is 0.945. The molecule has 0 aliphatic heterocycles. The van der Waals surface area contributed by atoms with Crippen LogP contribution in [-0.4, -0.2) is 4.98 Å². The van der Waals surface area contributed by atoms with E-state index >= 15 is 0 Å². The van der Waals surface area contributed by atoms with Crippen LogP contribution in [-0.2, 0) is 0 Å². The Morgan fingerprint density at radius 2 is 2.18 bits per heavy atom. The average Bonchev–Trinajstić information content (AvgIpc) is 1.96. The van der Waals surface area contributed by atoms with Gasteiger partial charge in [-0.2, -0.15) is 5.26 Å². The molecule has 1 aromatic rings. The van der Waals surface area contributed by atoms with Crippen LogP contribution in [0.15, 0.2) is 6.07 Å². The quantitative estimate of drug-likeness (QED) is 0.585. The molecule has 0 aliphatic carbocycles. The maximum absolute atomic E-state index is 8.54. The van der Waals surface area contributed by atoms with Crippen molar-refractivity contribution < 1.29 is 0 Å².